The first kappa shape index (κ1) is 18.8. The van der Waals surface area contributed by atoms with Crippen LogP contribution in [0.3, 0.4) is 0 Å². The van der Waals surface area contributed by atoms with Crippen LogP contribution in [0.15, 0.2) is 42.7 Å². The highest BCUT2D eigenvalue weighted by Gasteiger charge is 2.14. The molecule has 0 fully saturated rings. The van der Waals surface area contributed by atoms with Crippen molar-refractivity contribution in [3.05, 3.63) is 53.9 Å². The lowest BCUT2D eigenvalue weighted by molar-refractivity contribution is 0.0939. The number of nitrogens with zero attached hydrogens (tertiary/aromatic N) is 1. The number of ether oxygens (including phenoxy) is 2. The molecule has 0 spiro atoms. The Labute approximate surface area is 149 Å². The molecule has 0 bridgehead atoms. The predicted octanol–water partition coefficient (Wildman–Crippen LogP) is 4.01. The standard InChI is InChI=1S/C20H26N2O3/c1-14(2)9-12-25-18-6-5-17(13-19(18)24-4)20(23)22-15(3)16-7-10-21-11-8-16/h5-8,10-11,13-15H,9,12H2,1-4H3,(H,22,23). The Morgan fingerprint density at radius 3 is 2.48 bits per heavy atom. The van der Waals surface area contributed by atoms with E-state index in [1.165, 1.54) is 0 Å². The van der Waals surface area contributed by atoms with Crippen molar-refractivity contribution in [3.63, 3.8) is 0 Å². The van der Waals surface area contributed by atoms with Crippen LogP contribution in [-0.4, -0.2) is 24.6 Å². The van der Waals surface area contributed by atoms with E-state index in [0.717, 1.165) is 12.0 Å². The lowest BCUT2D eigenvalue weighted by Crippen LogP contribution is -2.26. The molecule has 0 aliphatic rings. The molecule has 1 aromatic heterocycles. The number of aromatic nitrogens is 1. The summed E-state index contributed by atoms with van der Waals surface area (Å²) in [5.74, 6) is 1.64. The first-order valence-electron chi connectivity index (χ1n) is 8.53. The SMILES string of the molecule is COc1cc(C(=O)NC(C)c2ccncc2)ccc1OCCC(C)C. The van der Waals surface area contributed by atoms with E-state index >= 15 is 0 Å². The molecule has 5 nitrogen and oxygen atoms in total. The molecule has 1 unspecified atom stereocenters. The number of hydrogen-bond acceptors (Lipinski definition) is 4. The second-order valence-electron chi connectivity index (χ2n) is 6.37. The molecule has 1 amide bonds. The van der Waals surface area contributed by atoms with Crippen molar-refractivity contribution in [2.24, 2.45) is 5.92 Å². The Bertz CT molecular complexity index is 687. The zero-order chi connectivity index (χ0) is 18.2. The van der Waals surface area contributed by atoms with E-state index in [-0.39, 0.29) is 11.9 Å². The number of pyridine rings is 1. The predicted molar refractivity (Wildman–Crippen MR) is 98.1 cm³/mol. The zero-order valence-corrected chi connectivity index (χ0v) is 15.3. The Morgan fingerprint density at radius 1 is 1.12 bits per heavy atom. The van der Waals surface area contributed by atoms with Gasteiger partial charge in [0, 0.05) is 18.0 Å². The van der Waals surface area contributed by atoms with Gasteiger partial charge in [-0.05, 0) is 55.2 Å². The summed E-state index contributed by atoms with van der Waals surface area (Å²) in [4.78, 5) is 16.5. The van der Waals surface area contributed by atoms with Gasteiger partial charge in [-0.15, -0.1) is 0 Å². The number of amides is 1. The second-order valence-corrected chi connectivity index (χ2v) is 6.37. The molecule has 2 aromatic rings. The van der Waals surface area contributed by atoms with Crippen LogP contribution < -0.4 is 14.8 Å². The van der Waals surface area contributed by atoms with Crippen molar-refractivity contribution < 1.29 is 14.3 Å². The van der Waals surface area contributed by atoms with E-state index in [1.807, 2.05) is 19.1 Å². The quantitative estimate of drug-likeness (QED) is 0.787. The Kier molecular flexibility index (Phi) is 6.81. The van der Waals surface area contributed by atoms with E-state index in [0.29, 0.717) is 29.6 Å². The van der Waals surface area contributed by atoms with E-state index in [9.17, 15) is 4.79 Å². The Morgan fingerprint density at radius 2 is 1.84 bits per heavy atom. The van der Waals surface area contributed by atoms with Gasteiger partial charge in [0.25, 0.3) is 5.91 Å². The molecular formula is C20H26N2O3. The topological polar surface area (TPSA) is 60.5 Å². The number of carbonyl (C=O) groups is 1. The fourth-order valence-electron chi connectivity index (χ4n) is 2.35. The molecule has 0 saturated carbocycles. The van der Waals surface area contributed by atoms with E-state index in [1.54, 1.807) is 37.7 Å². The van der Waals surface area contributed by atoms with Crippen LogP contribution >= 0.6 is 0 Å². The third-order valence-corrected chi connectivity index (χ3v) is 3.93. The third kappa shape index (κ3) is 5.48. The molecule has 134 valence electrons. The van der Waals surface area contributed by atoms with Crippen molar-refractivity contribution in [2.75, 3.05) is 13.7 Å². The lowest BCUT2D eigenvalue weighted by Gasteiger charge is -2.16. The minimum Gasteiger partial charge on any atom is -0.493 e. The van der Waals surface area contributed by atoms with E-state index in [2.05, 4.69) is 24.1 Å². The maximum absolute atomic E-state index is 12.5. The van der Waals surface area contributed by atoms with Gasteiger partial charge in [-0.1, -0.05) is 13.8 Å². The molecule has 0 radical (unpaired) electrons. The van der Waals surface area contributed by atoms with Gasteiger partial charge in [-0.2, -0.15) is 0 Å². The van der Waals surface area contributed by atoms with Crippen LogP contribution in [0, 0.1) is 5.92 Å². The minimum atomic E-state index is -0.156. The van der Waals surface area contributed by atoms with Crippen LogP contribution in [-0.2, 0) is 0 Å². The van der Waals surface area contributed by atoms with Gasteiger partial charge in [0.15, 0.2) is 11.5 Å². The normalized spacial score (nSPS) is 11.9. The second kappa shape index (κ2) is 9.06. The summed E-state index contributed by atoms with van der Waals surface area (Å²) in [5.41, 5.74) is 1.54. The molecule has 1 N–H and O–H groups in total. The molecule has 2 rings (SSSR count). The van der Waals surface area contributed by atoms with Gasteiger partial charge in [0.1, 0.15) is 0 Å². The van der Waals surface area contributed by atoms with Gasteiger partial charge in [-0.3, -0.25) is 9.78 Å². The summed E-state index contributed by atoms with van der Waals surface area (Å²) in [6, 6.07) is 8.91. The van der Waals surface area contributed by atoms with Crippen molar-refractivity contribution in [1.29, 1.82) is 0 Å². The maximum atomic E-state index is 12.5. The average Bonchev–Trinajstić information content (AvgIpc) is 2.62. The summed E-state index contributed by atoms with van der Waals surface area (Å²) in [5, 5.41) is 2.98. The number of methoxy groups -OCH3 is 1. The summed E-state index contributed by atoms with van der Waals surface area (Å²) in [6.45, 7) is 6.86. The lowest BCUT2D eigenvalue weighted by atomic mass is 10.1. The molecule has 5 heteroatoms. The Hall–Kier alpha value is -2.56. The maximum Gasteiger partial charge on any atom is 0.251 e. The first-order valence-corrected chi connectivity index (χ1v) is 8.53. The zero-order valence-electron chi connectivity index (χ0n) is 15.3. The van der Waals surface area contributed by atoms with E-state index < -0.39 is 0 Å². The monoisotopic (exact) mass is 342 g/mol. The smallest absolute Gasteiger partial charge is 0.251 e. The van der Waals surface area contributed by atoms with Crippen LogP contribution in [0.5, 0.6) is 11.5 Å². The number of carbonyl (C=O) groups excluding carboxylic acids is 1. The summed E-state index contributed by atoms with van der Waals surface area (Å²) in [6.07, 6.45) is 4.39. The fourth-order valence-corrected chi connectivity index (χ4v) is 2.35. The molecule has 0 saturated heterocycles. The minimum absolute atomic E-state index is 0.108. The third-order valence-electron chi connectivity index (χ3n) is 3.93. The van der Waals surface area contributed by atoms with Gasteiger partial charge >= 0.3 is 0 Å². The van der Waals surface area contributed by atoms with Crippen LogP contribution in [0.2, 0.25) is 0 Å². The first-order chi connectivity index (χ1) is 12.0. The largest absolute Gasteiger partial charge is 0.493 e. The molecule has 1 atom stereocenters. The van der Waals surface area contributed by atoms with Crippen LogP contribution in [0.4, 0.5) is 0 Å². The molecule has 1 aromatic carbocycles. The van der Waals surface area contributed by atoms with Crippen molar-refractivity contribution >= 4 is 5.91 Å². The molecule has 25 heavy (non-hydrogen) atoms. The fraction of sp³-hybridized carbons (Fsp3) is 0.400. The van der Waals surface area contributed by atoms with Crippen LogP contribution in [0.1, 0.15) is 49.2 Å². The van der Waals surface area contributed by atoms with E-state index in [4.69, 9.17) is 9.47 Å². The summed E-state index contributed by atoms with van der Waals surface area (Å²) < 4.78 is 11.1. The number of rotatable bonds is 8. The summed E-state index contributed by atoms with van der Waals surface area (Å²) >= 11 is 0. The number of nitrogens with one attached hydrogen (secondary N) is 1. The molecule has 1 heterocycles. The highest BCUT2D eigenvalue weighted by atomic mass is 16.5. The van der Waals surface area contributed by atoms with Gasteiger partial charge in [-0.25, -0.2) is 0 Å². The van der Waals surface area contributed by atoms with Crippen molar-refractivity contribution in [3.8, 4) is 11.5 Å². The van der Waals surface area contributed by atoms with Gasteiger partial charge < -0.3 is 14.8 Å². The molecule has 0 aliphatic heterocycles. The Balaban J connectivity index is 2.04. The number of hydrogen-bond donors (Lipinski definition) is 1. The van der Waals surface area contributed by atoms with Gasteiger partial charge in [0.2, 0.25) is 0 Å². The number of benzene rings is 1. The molecule has 0 aliphatic carbocycles. The highest BCUT2D eigenvalue weighted by Crippen LogP contribution is 2.28. The van der Waals surface area contributed by atoms with Crippen LogP contribution in [0.25, 0.3) is 0 Å². The highest BCUT2D eigenvalue weighted by molar-refractivity contribution is 5.95. The van der Waals surface area contributed by atoms with Gasteiger partial charge in [0.05, 0.1) is 19.8 Å². The summed E-state index contributed by atoms with van der Waals surface area (Å²) in [7, 11) is 1.58. The van der Waals surface area contributed by atoms with Crippen molar-refractivity contribution in [1.82, 2.24) is 10.3 Å². The molecular weight excluding hydrogens is 316 g/mol. The van der Waals surface area contributed by atoms with Crippen molar-refractivity contribution in [2.45, 2.75) is 33.2 Å². The average molecular weight is 342 g/mol.